The van der Waals surface area contributed by atoms with Crippen molar-refractivity contribution in [1.82, 2.24) is 4.48 Å². The molecular formula is C22H23N2O2+. The molecule has 0 spiro atoms. The summed E-state index contributed by atoms with van der Waals surface area (Å²) in [6.07, 6.45) is 8.04. The lowest BCUT2D eigenvalue weighted by Crippen LogP contribution is -2.52. The molecule has 0 bridgehead atoms. The van der Waals surface area contributed by atoms with Crippen molar-refractivity contribution in [3.05, 3.63) is 78.5 Å². The van der Waals surface area contributed by atoms with Crippen molar-refractivity contribution >= 4 is 11.6 Å². The van der Waals surface area contributed by atoms with Crippen molar-refractivity contribution in [2.45, 2.75) is 12.8 Å². The van der Waals surface area contributed by atoms with Gasteiger partial charge in [0.15, 0.2) is 0 Å². The van der Waals surface area contributed by atoms with Crippen LogP contribution in [0.3, 0.4) is 0 Å². The van der Waals surface area contributed by atoms with E-state index in [1.54, 1.807) is 0 Å². The van der Waals surface area contributed by atoms with Gasteiger partial charge in [-0.1, -0.05) is 30.3 Å². The highest BCUT2D eigenvalue weighted by Crippen LogP contribution is 2.40. The van der Waals surface area contributed by atoms with E-state index >= 15 is 0 Å². The Hall–Kier alpha value is -2.69. The number of hydrogen-bond donors (Lipinski definition) is 1. The molecule has 2 aromatic rings. The van der Waals surface area contributed by atoms with E-state index in [2.05, 4.69) is 0 Å². The van der Waals surface area contributed by atoms with Gasteiger partial charge in [-0.2, -0.15) is 4.48 Å². The summed E-state index contributed by atoms with van der Waals surface area (Å²) in [4.78, 5) is 13.2. The van der Waals surface area contributed by atoms with E-state index in [1.807, 2.05) is 72.9 Å². The highest BCUT2D eigenvalue weighted by Gasteiger charge is 2.47. The van der Waals surface area contributed by atoms with E-state index in [9.17, 15) is 4.79 Å². The van der Waals surface area contributed by atoms with E-state index in [4.69, 9.17) is 10.5 Å². The number of rotatable bonds is 5. The molecule has 1 heterocycles. The predicted molar refractivity (Wildman–Crippen MR) is 104 cm³/mol. The molecule has 1 saturated carbocycles. The van der Waals surface area contributed by atoms with Gasteiger partial charge in [-0.25, -0.2) is 4.79 Å². The van der Waals surface area contributed by atoms with Gasteiger partial charge < -0.3 is 10.5 Å². The largest absolute Gasteiger partial charge is 0.457 e. The number of ether oxygens (including phenoxy) is 1. The summed E-state index contributed by atoms with van der Waals surface area (Å²) in [5.41, 5.74) is 7.77. The third-order valence-corrected chi connectivity index (χ3v) is 4.92. The average molecular weight is 347 g/mol. The number of nitrogens with zero attached hydrogens (tertiary/aromatic N) is 1. The van der Waals surface area contributed by atoms with Crippen molar-refractivity contribution in [2.24, 2.45) is 11.7 Å². The van der Waals surface area contributed by atoms with Crippen molar-refractivity contribution < 1.29 is 9.53 Å². The molecule has 0 aromatic heterocycles. The van der Waals surface area contributed by atoms with E-state index in [0.717, 1.165) is 35.6 Å². The van der Waals surface area contributed by atoms with Crippen LogP contribution in [0.25, 0.3) is 0 Å². The highest BCUT2D eigenvalue weighted by molar-refractivity contribution is 5.94. The molecule has 1 atom stereocenters. The fourth-order valence-corrected chi connectivity index (χ4v) is 3.41. The minimum atomic E-state index is 0.149. The normalized spacial score (nSPS) is 22.0. The van der Waals surface area contributed by atoms with Crippen LogP contribution in [0.2, 0.25) is 0 Å². The zero-order valence-corrected chi connectivity index (χ0v) is 14.7. The molecular weight excluding hydrogens is 324 g/mol. The molecule has 1 unspecified atom stereocenters. The fraction of sp³-hybridized carbons (Fsp3) is 0.227. The first-order valence-electron chi connectivity index (χ1n) is 9.05. The third-order valence-electron chi connectivity index (χ3n) is 4.92. The number of nitrogens with two attached hydrogens (primary N) is 1. The van der Waals surface area contributed by atoms with Crippen LogP contribution in [0, 0.1) is 5.92 Å². The van der Waals surface area contributed by atoms with E-state index in [-0.39, 0.29) is 16.3 Å². The monoisotopic (exact) mass is 347 g/mol. The summed E-state index contributed by atoms with van der Waals surface area (Å²) in [5.74, 6) is 1.90. The van der Waals surface area contributed by atoms with Crippen LogP contribution in [0.15, 0.2) is 78.5 Å². The van der Waals surface area contributed by atoms with Crippen LogP contribution >= 0.6 is 0 Å². The lowest BCUT2D eigenvalue weighted by molar-refractivity contribution is -0.129. The molecule has 26 heavy (non-hydrogen) atoms. The Bertz CT molecular complexity index is 869. The van der Waals surface area contributed by atoms with E-state index < -0.39 is 0 Å². The van der Waals surface area contributed by atoms with Gasteiger partial charge in [0.2, 0.25) is 0 Å². The second kappa shape index (κ2) is 6.90. The Balaban J connectivity index is 1.72. The molecule has 2 aromatic carbocycles. The van der Waals surface area contributed by atoms with Crippen LogP contribution in [0.1, 0.15) is 12.8 Å². The quantitative estimate of drug-likeness (QED) is 0.827. The molecule has 4 heteroatoms. The molecule has 1 amide bonds. The van der Waals surface area contributed by atoms with Gasteiger partial charge in [0.05, 0.1) is 5.92 Å². The molecule has 2 N–H and O–H groups in total. The smallest absolute Gasteiger partial charge is 0.326 e. The fourth-order valence-electron chi connectivity index (χ4n) is 3.41. The van der Waals surface area contributed by atoms with Crippen LogP contribution in [-0.2, 0) is 4.79 Å². The maximum atomic E-state index is 13.2. The first kappa shape index (κ1) is 16.8. The minimum absolute atomic E-state index is 0.149. The number of carbonyl (C=O) groups excluding carboxylic acids is 1. The Kier molecular flexibility index (Phi) is 4.45. The Morgan fingerprint density at radius 2 is 1.85 bits per heavy atom. The second-order valence-corrected chi connectivity index (χ2v) is 6.89. The van der Waals surface area contributed by atoms with Gasteiger partial charge in [0.1, 0.15) is 29.9 Å². The minimum Gasteiger partial charge on any atom is -0.457 e. The van der Waals surface area contributed by atoms with E-state index in [0.29, 0.717) is 13.1 Å². The van der Waals surface area contributed by atoms with Crippen molar-refractivity contribution in [3.8, 4) is 11.5 Å². The first-order chi connectivity index (χ1) is 12.7. The van der Waals surface area contributed by atoms with Crippen LogP contribution < -0.4 is 15.0 Å². The Labute approximate surface area is 153 Å². The SMILES string of the molecule is NCC1=C[N+](C(=O)C2CC2)(c2cccc(Oc3ccccc3)c2)CC=C1. The van der Waals surface area contributed by atoms with Gasteiger partial charge in [-0.05, 0) is 37.1 Å². The summed E-state index contributed by atoms with van der Waals surface area (Å²) >= 11 is 0. The number of benzene rings is 2. The Morgan fingerprint density at radius 1 is 1.08 bits per heavy atom. The standard InChI is InChI=1S/C22H23N2O2/c23-15-17-6-5-13-24(16-17,22(25)18-11-12-18)19-7-4-10-21(14-19)26-20-8-2-1-3-9-20/h1-10,14,16,18H,11-13,15,23H2/q+1. The van der Waals surface area contributed by atoms with Gasteiger partial charge in [-0.15, -0.1) is 0 Å². The first-order valence-corrected chi connectivity index (χ1v) is 9.05. The number of quaternary nitrogens is 1. The predicted octanol–water partition coefficient (Wildman–Crippen LogP) is 4.14. The maximum absolute atomic E-state index is 13.2. The number of para-hydroxylation sites is 1. The second-order valence-electron chi connectivity index (χ2n) is 6.89. The van der Waals surface area contributed by atoms with Crippen LogP contribution in [-0.4, -0.2) is 19.0 Å². The average Bonchev–Trinajstić information content (AvgIpc) is 3.53. The maximum Gasteiger partial charge on any atom is 0.326 e. The molecule has 0 radical (unpaired) electrons. The molecule has 0 saturated heterocycles. The zero-order valence-electron chi connectivity index (χ0n) is 14.7. The lowest BCUT2D eigenvalue weighted by Gasteiger charge is -2.33. The van der Waals surface area contributed by atoms with Gasteiger partial charge in [0.25, 0.3) is 0 Å². The van der Waals surface area contributed by atoms with Gasteiger partial charge in [-0.3, -0.25) is 0 Å². The third kappa shape index (κ3) is 3.21. The highest BCUT2D eigenvalue weighted by atomic mass is 16.5. The number of hydrogen-bond acceptors (Lipinski definition) is 3. The summed E-state index contributed by atoms with van der Waals surface area (Å²) in [6, 6.07) is 17.5. The molecule has 1 aliphatic carbocycles. The summed E-state index contributed by atoms with van der Waals surface area (Å²) in [7, 11) is 0. The van der Waals surface area contributed by atoms with E-state index in [1.165, 1.54) is 0 Å². The van der Waals surface area contributed by atoms with Gasteiger partial charge >= 0.3 is 5.91 Å². The molecule has 132 valence electrons. The molecule has 1 fully saturated rings. The topological polar surface area (TPSA) is 52.3 Å². The van der Waals surface area contributed by atoms with Crippen molar-refractivity contribution in [1.29, 1.82) is 0 Å². The summed E-state index contributed by atoms with van der Waals surface area (Å²) in [6.45, 7) is 1.04. The Morgan fingerprint density at radius 3 is 2.58 bits per heavy atom. The van der Waals surface area contributed by atoms with Crippen LogP contribution in [0.5, 0.6) is 11.5 Å². The molecule has 4 nitrogen and oxygen atoms in total. The summed E-state index contributed by atoms with van der Waals surface area (Å²) in [5, 5.41) is 0. The van der Waals surface area contributed by atoms with Gasteiger partial charge in [0, 0.05) is 24.3 Å². The van der Waals surface area contributed by atoms with Crippen molar-refractivity contribution in [3.63, 3.8) is 0 Å². The lowest BCUT2D eigenvalue weighted by atomic mass is 10.1. The summed E-state index contributed by atoms with van der Waals surface area (Å²) < 4.78 is 6.17. The molecule has 2 aliphatic rings. The number of amides is 1. The molecule has 4 rings (SSSR count). The van der Waals surface area contributed by atoms with Crippen molar-refractivity contribution in [2.75, 3.05) is 13.1 Å². The van der Waals surface area contributed by atoms with Crippen LogP contribution in [0.4, 0.5) is 5.69 Å². The molecule has 1 aliphatic heterocycles. The number of carbonyl (C=O) groups is 1. The zero-order chi connectivity index (χ0) is 18.0.